The number of hydrogen-bond donors (Lipinski definition) is 0. The predicted octanol–water partition coefficient (Wildman–Crippen LogP) is 1.76. The third-order valence-corrected chi connectivity index (χ3v) is 1.03. The Balaban J connectivity index is 0.000000206. The zero-order valence-electron chi connectivity index (χ0n) is 6.80. The van der Waals surface area contributed by atoms with Gasteiger partial charge in [-0.15, -0.1) is 0 Å². The summed E-state index contributed by atoms with van der Waals surface area (Å²) in [6.45, 7) is 0. The van der Waals surface area contributed by atoms with Crippen LogP contribution in [0.15, 0.2) is 48.8 Å². The van der Waals surface area contributed by atoms with Crippen LogP contribution in [0.4, 0.5) is 0 Å². The van der Waals surface area contributed by atoms with Crippen molar-refractivity contribution in [3.63, 3.8) is 0 Å². The summed E-state index contributed by atoms with van der Waals surface area (Å²) in [6.07, 6.45) is 8.67. The van der Waals surface area contributed by atoms with Crippen LogP contribution in [-0.2, 0) is 0 Å². The fraction of sp³-hybridized carbons (Fsp3) is 0. The van der Waals surface area contributed by atoms with Crippen LogP contribution in [0.2, 0.25) is 0 Å². The molecule has 0 saturated carbocycles. The van der Waals surface area contributed by atoms with Crippen molar-refractivity contribution < 1.29 is 37.3 Å². The van der Waals surface area contributed by atoms with Gasteiger partial charge in [-0.3, -0.25) is 0 Å². The summed E-state index contributed by atoms with van der Waals surface area (Å²) in [5, 5.41) is 0. The molecule has 2 heterocycles. The molecule has 0 amide bonds. The first-order valence-electron chi connectivity index (χ1n) is 3.54. The number of pyridine rings is 2. The first-order chi connectivity index (χ1) is 6.00. The molecule has 0 atom stereocenters. The molecule has 0 spiro atoms. The third-order valence-electron chi connectivity index (χ3n) is 1.03. The van der Waals surface area contributed by atoms with Gasteiger partial charge in [-0.2, -0.15) is 36.4 Å². The van der Waals surface area contributed by atoms with Crippen LogP contribution in [0.5, 0.6) is 0 Å². The molecule has 0 aliphatic rings. The Bertz CT molecular complexity index is 188. The Morgan fingerprint density at radius 3 is 1.23 bits per heavy atom. The van der Waals surface area contributed by atoms with Gasteiger partial charge in [-0.1, -0.05) is 24.8 Å². The van der Waals surface area contributed by atoms with Gasteiger partial charge in [0.05, 0.1) is 0 Å². The minimum absolute atomic E-state index is 0. The van der Waals surface area contributed by atoms with Crippen molar-refractivity contribution in [3.8, 4) is 0 Å². The molecule has 0 aromatic carbocycles. The van der Waals surface area contributed by atoms with Gasteiger partial charge in [-0.25, -0.2) is 0 Å². The Labute approximate surface area is 108 Å². The summed E-state index contributed by atoms with van der Waals surface area (Å²) in [7, 11) is 0. The van der Waals surface area contributed by atoms with Crippen molar-refractivity contribution in [1.29, 1.82) is 0 Å². The standard InChI is InChI=1S/2C5H4N.Er/c2*1-2-4-6-5-3-1;/h2*1-4H;/q2*-1;. The Kier molecular flexibility index (Phi) is 9.30. The molecule has 0 saturated heterocycles. The molecule has 0 fully saturated rings. The number of aromatic nitrogens is 2. The fourth-order valence-electron chi connectivity index (χ4n) is 0.555. The van der Waals surface area contributed by atoms with Crippen molar-refractivity contribution >= 4 is 0 Å². The molecule has 13 heavy (non-hydrogen) atoms. The van der Waals surface area contributed by atoms with E-state index in [9.17, 15) is 0 Å². The van der Waals surface area contributed by atoms with Gasteiger partial charge in [-0.05, 0) is 0 Å². The van der Waals surface area contributed by atoms with Gasteiger partial charge < -0.3 is 9.97 Å². The second-order valence-electron chi connectivity index (χ2n) is 1.92. The van der Waals surface area contributed by atoms with Gasteiger partial charge >= 0.3 is 0 Å². The molecule has 3 heteroatoms. The molecule has 0 bridgehead atoms. The minimum Gasteiger partial charge on any atom is -0.394 e. The zero-order valence-corrected chi connectivity index (χ0v) is 8.65. The molecule has 2 rings (SSSR count). The van der Waals surface area contributed by atoms with E-state index in [2.05, 4.69) is 22.4 Å². The van der Waals surface area contributed by atoms with E-state index in [0.29, 0.717) is 0 Å². The molecule has 2 aromatic rings. The Hall–Kier alpha value is -0.453. The predicted molar refractivity (Wildman–Crippen MR) is 46.1 cm³/mol. The van der Waals surface area contributed by atoms with Gasteiger partial charge in [0.15, 0.2) is 0 Å². The summed E-state index contributed by atoms with van der Waals surface area (Å²) >= 11 is 0. The Morgan fingerprint density at radius 1 is 0.692 bits per heavy atom. The molecule has 2 nitrogen and oxygen atoms in total. The van der Waals surface area contributed by atoms with E-state index in [-0.39, 0.29) is 37.3 Å². The van der Waals surface area contributed by atoms with Crippen LogP contribution in [-0.4, -0.2) is 9.97 Å². The van der Waals surface area contributed by atoms with Crippen LogP contribution in [0.1, 0.15) is 0 Å². The largest absolute Gasteiger partial charge is 0.394 e. The number of nitrogens with zero attached hydrogens (tertiary/aromatic N) is 2. The average Bonchev–Trinajstić information content (AvgIpc) is 2.24. The molecule has 0 aliphatic carbocycles. The van der Waals surface area contributed by atoms with Crippen LogP contribution >= 0.6 is 0 Å². The van der Waals surface area contributed by atoms with E-state index in [1.807, 2.05) is 24.3 Å². The second kappa shape index (κ2) is 9.63. The third kappa shape index (κ3) is 7.89. The normalized spacial score (nSPS) is 7.38. The summed E-state index contributed by atoms with van der Waals surface area (Å²) in [4.78, 5) is 7.32. The summed E-state index contributed by atoms with van der Waals surface area (Å²) < 4.78 is 0. The monoisotopic (exact) mass is 322 g/mol. The van der Waals surface area contributed by atoms with Gasteiger partial charge in [0.25, 0.3) is 0 Å². The van der Waals surface area contributed by atoms with Crippen LogP contribution in [0, 0.1) is 49.7 Å². The van der Waals surface area contributed by atoms with E-state index in [0.717, 1.165) is 0 Å². The van der Waals surface area contributed by atoms with E-state index in [4.69, 9.17) is 0 Å². The minimum atomic E-state index is 0. The van der Waals surface area contributed by atoms with E-state index >= 15 is 0 Å². The molecule has 0 N–H and O–H groups in total. The summed E-state index contributed by atoms with van der Waals surface area (Å²) in [6, 6.07) is 11.0. The quantitative estimate of drug-likeness (QED) is 0.691. The van der Waals surface area contributed by atoms with Crippen molar-refractivity contribution in [2.24, 2.45) is 0 Å². The SMILES string of the molecule is [Er].[c-]1ccccn1.[c-]1ccccn1. The average molecular weight is 323 g/mol. The van der Waals surface area contributed by atoms with E-state index in [1.54, 1.807) is 24.5 Å². The maximum Gasteiger partial charge on any atom is 0 e. The summed E-state index contributed by atoms with van der Waals surface area (Å²) in [5.74, 6) is 0. The molecule has 0 radical (unpaired) electrons. The van der Waals surface area contributed by atoms with E-state index < -0.39 is 0 Å². The van der Waals surface area contributed by atoms with Crippen LogP contribution in [0.3, 0.4) is 0 Å². The first kappa shape index (κ1) is 12.5. The van der Waals surface area contributed by atoms with Crippen LogP contribution in [0.25, 0.3) is 0 Å². The summed E-state index contributed by atoms with van der Waals surface area (Å²) in [5.41, 5.74) is 0. The second-order valence-corrected chi connectivity index (χ2v) is 1.92. The van der Waals surface area contributed by atoms with Crippen molar-refractivity contribution in [3.05, 3.63) is 61.2 Å². The van der Waals surface area contributed by atoms with Crippen molar-refractivity contribution in [1.82, 2.24) is 9.97 Å². The smallest absolute Gasteiger partial charge is 0 e. The van der Waals surface area contributed by atoms with E-state index in [1.165, 1.54) is 0 Å². The fourth-order valence-corrected chi connectivity index (χ4v) is 0.555. The molecule has 2 aromatic heterocycles. The van der Waals surface area contributed by atoms with Crippen molar-refractivity contribution in [2.45, 2.75) is 0 Å². The van der Waals surface area contributed by atoms with Crippen molar-refractivity contribution in [2.75, 3.05) is 0 Å². The molecular formula is C10H8ErN2-2. The maximum atomic E-state index is 3.66. The number of hydrogen-bond acceptors (Lipinski definition) is 2. The molecule has 0 unspecified atom stereocenters. The molecular weight excluding hydrogens is 315 g/mol. The molecule has 72 valence electrons. The molecule has 0 aliphatic heterocycles. The van der Waals surface area contributed by atoms with Gasteiger partial charge in [0, 0.05) is 37.3 Å². The maximum absolute atomic E-state index is 3.66. The van der Waals surface area contributed by atoms with Gasteiger partial charge in [0.2, 0.25) is 0 Å². The topological polar surface area (TPSA) is 25.8 Å². The first-order valence-corrected chi connectivity index (χ1v) is 3.54. The van der Waals surface area contributed by atoms with Crippen LogP contribution < -0.4 is 0 Å². The number of rotatable bonds is 0. The van der Waals surface area contributed by atoms with Gasteiger partial charge in [0.1, 0.15) is 0 Å². The Morgan fingerprint density at radius 2 is 1.15 bits per heavy atom. The zero-order chi connectivity index (χ0) is 8.49.